The molecule has 126 valence electrons. The molecule has 0 bridgehead atoms. The second kappa shape index (κ2) is 7.77. The van der Waals surface area contributed by atoms with Gasteiger partial charge in [0.05, 0.1) is 28.8 Å². The van der Waals surface area contributed by atoms with Crippen LogP contribution in [-0.4, -0.2) is 17.5 Å². The zero-order valence-electron chi connectivity index (χ0n) is 13.3. The number of fused-ring (bicyclic) bond motifs is 1. The summed E-state index contributed by atoms with van der Waals surface area (Å²) >= 11 is 1.49. The van der Waals surface area contributed by atoms with Gasteiger partial charge in [0.1, 0.15) is 0 Å². The Labute approximate surface area is 148 Å². The molecule has 0 aliphatic rings. The van der Waals surface area contributed by atoms with Gasteiger partial charge >= 0.3 is 0 Å². The topological polar surface area (TPSA) is 51.2 Å². The molecule has 0 spiro atoms. The molecule has 1 amide bonds. The first kappa shape index (κ1) is 16.9. The smallest absolute Gasteiger partial charge is 0.228 e. The van der Waals surface area contributed by atoms with Gasteiger partial charge in [0.25, 0.3) is 0 Å². The molecule has 0 saturated heterocycles. The highest BCUT2D eigenvalue weighted by Gasteiger charge is 2.13. The SMILES string of the molecule is C#CCCOc1cccc(CC(=O)Nc2ccc3ncsc3c2)c1F. The van der Waals surface area contributed by atoms with E-state index < -0.39 is 5.82 Å². The van der Waals surface area contributed by atoms with E-state index in [-0.39, 0.29) is 30.2 Å². The van der Waals surface area contributed by atoms with Crippen LogP contribution in [0.5, 0.6) is 5.75 Å². The molecule has 1 N–H and O–H groups in total. The van der Waals surface area contributed by atoms with Crippen LogP contribution in [0.2, 0.25) is 0 Å². The third-order valence-electron chi connectivity index (χ3n) is 3.51. The number of aromatic nitrogens is 1. The maximum atomic E-state index is 14.4. The van der Waals surface area contributed by atoms with E-state index in [2.05, 4.69) is 16.2 Å². The van der Waals surface area contributed by atoms with E-state index in [1.165, 1.54) is 17.4 Å². The van der Waals surface area contributed by atoms with Crippen LogP contribution < -0.4 is 10.1 Å². The molecule has 2 aromatic carbocycles. The number of nitrogens with one attached hydrogen (secondary N) is 1. The van der Waals surface area contributed by atoms with Crippen molar-refractivity contribution in [2.75, 3.05) is 11.9 Å². The zero-order valence-corrected chi connectivity index (χ0v) is 14.1. The quantitative estimate of drug-likeness (QED) is 0.537. The van der Waals surface area contributed by atoms with Gasteiger partial charge in [0, 0.05) is 17.7 Å². The number of carbonyl (C=O) groups excluding carboxylic acids is 1. The monoisotopic (exact) mass is 354 g/mol. The van der Waals surface area contributed by atoms with Gasteiger partial charge in [-0.3, -0.25) is 4.79 Å². The molecular formula is C19H15FN2O2S. The summed E-state index contributed by atoms with van der Waals surface area (Å²) in [6, 6.07) is 10.2. The van der Waals surface area contributed by atoms with Crippen molar-refractivity contribution in [2.24, 2.45) is 0 Å². The number of halogens is 1. The maximum Gasteiger partial charge on any atom is 0.228 e. The van der Waals surface area contributed by atoms with E-state index in [0.29, 0.717) is 12.1 Å². The normalized spacial score (nSPS) is 10.4. The standard InChI is InChI=1S/C19H15FN2O2S/c1-2-3-9-24-16-6-4-5-13(19(16)20)10-18(23)22-14-7-8-15-17(11-14)25-12-21-15/h1,4-8,11-12H,3,9-10H2,(H,22,23). The molecule has 6 heteroatoms. The minimum absolute atomic E-state index is 0.0844. The number of rotatable bonds is 6. The van der Waals surface area contributed by atoms with E-state index >= 15 is 0 Å². The molecule has 0 fully saturated rings. The molecule has 1 heterocycles. The summed E-state index contributed by atoms with van der Waals surface area (Å²) in [4.78, 5) is 16.4. The van der Waals surface area contributed by atoms with Crippen LogP contribution in [0.3, 0.4) is 0 Å². The fourth-order valence-electron chi connectivity index (χ4n) is 2.34. The van der Waals surface area contributed by atoms with Gasteiger partial charge in [-0.2, -0.15) is 0 Å². The van der Waals surface area contributed by atoms with E-state index in [9.17, 15) is 9.18 Å². The number of amides is 1. The summed E-state index contributed by atoms with van der Waals surface area (Å²) in [5.41, 5.74) is 3.56. The molecular weight excluding hydrogens is 339 g/mol. The second-order valence-corrected chi connectivity index (χ2v) is 6.18. The maximum absolute atomic E-state index is 14.4. The molecule has 0 aliphatic heterocycles. The Bertz CT molecular complexity index is 946. The summed E-state index contributed by atoms with van der Waals surface area (Å²) < 4.78 is 20.7. The van der Waals surface area contributed by atoms with Crippen molar-refractivity contribution in [3.63, 3.8) is 0 Å². The molecule has 4 nitrogen and oxygen atoms in total. The fourth-order valence-corrected chi connectivity index (χ4v) is 3.05. The molecule has 25 heavy (non-hydrogen) atoms. The third kappa shape index (κ3) is 4.14. The first-order chi connectivity index (χ1) is 12.2. The Balaban J connectivity index is 1.68. The number of hydrogen-bond donors (Lipinski definition) is 1. The summed E-state index contributed by atoms with van der Waals surface area (Å²) in [5.74, 6) is 1.69. The number of anilines is 1. The lowest BCUT2D eigenvalue weighted by Gasteiger charge is -2.10. The van der Waals surface area contributed by atoms with Gasteiger partial charge in [0.2, 0.25) is 5.91 Å². The summed E-state index contributed by atoms with van der Waals surface area (Å²) in [6.07, 6.45) is 5.46. The van der Waals surface area contributed by atoms with E-state index in [0.717, 1.165) is 10.2 Å². The lowest BCUT2D eigenvalue weighted by Crippen LogP contribution is -2.15. The first-order valence-corrected chi connectivity index (χ1v) is 8.52. The van der Waals surface area contributed by atoms with E-state index in [4.69, 9.17) is 11.2 Å². The van der Waals surface area contributed by atoms with Crippen LogP contribution in [0.4, 0.5) is 10.1 Å². The lowest BCUT2D eigenvalue weighted by molar-refractivity contribution is -0.115. The average molecular weight is 354 g/mol. The van der Waals surface area contributed by atoms with Crippen molar-refractivity contribution in [3.8, 4) is 18.1 Å². The van der Waals surface area contributed by atoms with Gasteiger partial charge in [-0.25, -0.2) is 9.37 Å². The third-order valence-corrected chi connectivity index (χ3v) is 4.31. The van der Waals surface area contributed by atoms with Crippen LogP contribution >= 0.6 is 11.3 Å². The number of ether oxygens (including phenoxy) is 1. The van der Waals surface area contributed by atoms with Crippen LogP contribution in [0.15, 0.2) is 41.9 Å². The molecule has 0 aliphatic carbocycles. The number of terminal acetylenes is 1. The number of thiazole rings is 1. The van der Waals surface area contributed by atoms with Crippen molar-refractivity contribution < 1.29 is 13.9 Å². The molecule has 0 unspecified atom stereocenters. The highest BCUT2D eigenvalue weighted by Crippen LogP contribution is 2.23. The van der Waals surface area contributed by atoms with Gasteiger partial charge in [-0.05, 0) is 24.3 Å². The number of nitrogens with zero attached hydrogens (tertiary/aromatic N) is 1. The van der Waals surface area contributed by atoms with Crippen LogP contribution in [0.25, 0.3) is 10.2 Å². The average Bonchev–Trinajstić information content (AvgIpc) is 3.06. The summed E-state index contributed by atoms with van der Waals surface area (Å²) in [7, 11) is 0. The Kier molecular flexibility index (Phi) is 5.26. The van der Waals surface area contributed by atoms with Gasteiger partial charge < -0.3 is 10.1 Å². The van der Waals surface area contributed by atoms with E-state index in [1.807, 2.05) is 12.1 Å². The van der Waals surface area contributed by atoms with Crippen LogP contribution in [0.1, 0.15) is 12.0 Å². The van der Waals surface area contributed by atoms with Gasteiger partial charge in [0.15, 0.2) is 11.6 Å². The minimum Gasteiger partial charge on any atom is -0.490 e. The van der Waals surface area contributed by atoms with Gasteiger partial charge in [-0.15, -0.1) is 23.7 Å². The predicted molar refractivity (Wildman–Crippen MR) is 97.3 cm³/mol. The van der Waals surface area contributed by atoms with Crippen molar-refractivity contribution in [2.45, 2.75) is 12.8 Å². The Hall–Kier alpha value is -2.91. The molecule has 1 aromatic heterocycles. The van der Waals surface area contributed by atoms with Crippen molar-refractivity contribution >= 4 is 33.1 Å². The van der Waals surface area contributed by atoms with Gasteiger partial charge in [-0.1, -0.05) is 12.1 Å². The zero-order chi connectivity index (χ0) is 17.6. The largest absolute Gasteiger partial charge is 0.490 e. The highest BCUT2D eigenvalue weighted by atomic mass is 32.1. The molecule has 0 atom stereocenters. The number of benzene rings is 2. The Morgan fingerprint density at radius 1 is 1.36 bits per heavy atom. The van der Waals surface area contributed by atoms with Crippen LogP contribution in [0, 0.1) is 18.2 Å². The first-order valence-electron chi connectivity index (χ1n) is 7.64. The van der Waals surface area contributed by atoms with E-state index in [1.54, 1.807) is 23.7 Å². The highest BCUT2D eigenvalue weighted by molar-refractivity contribution is 7.16. The Morgan fingerprint density at radius 3 is 3.08 bits per heavy atom. The molecule has 3 aromatic rings. The summed E-state index contributed by atoms with van der Waals surface area (Å²) in [5, 5.41) is 2.78. The van der Waals surface area contributed by atoms with Crippen molar-refractivity contribution in [3.05, 3.63) is 53.3 Å². The van der Waals surface area contributed by atoms with Crippen LogP contribution in [-0.2, 0) is 11.2 Å². The Morgan fingerprint density at radius 2 is 2.24 bits per heavy atom. The number of hydrogen-bond acceptors (Lipinski definition) is 4. The number of carbonyl (C=O) groups is 1. The van der Waals surface area contributed by atoms with Crippen molar-refractivity contribution in [1.82, 2.24) is 4.98 Å². The molecule has 3 rings (SSSR count). The lowest BCUT2D eigenvalue weighted by atomic mass is 10.1. The molecule has 0 saturated carbocycles. The fraction of sp³-hybridized carbons (Fsp3) is 0.158. The van der Waals surface area contributed by atoms with Crippen molar-refractivity contribution in [1.29, 1.82) is 0 Å². The summed E-state index contributed by atoms with van der Waals surface area (Å²) in [6.45, 7) is 0.234. The second-order valence-electron chi connectivity index (χ2n) is 5.29. The minimum atomic E-state index is -0.535. The molecule has 0 radical (unpaired) electrons. The predicted octanol–water partition coefficient (Wildman–Crippen LogP) is 4.02.